The van der Waals surface area contributed by atoms with Gasteiger partial charge >= 0.3 is 0 Å². The molecule has 2 nitrogen and oxygen atoms in total. The van der Waals surface area contributed by atoms with Crippen molar-refractivity contribution in [2.75, 3.05) is 7.11 Å². The summed E-state index contributed by atoms with van der Waals surface area (Å²) in [7, 11) is 1.74. The molecular formula is C21H28O2. The minimum atomic E-state index is -0.137. The van der Waals surface area contributed by atoms with Gasteiger partial charge in [-0.15, -0.1) is 6.58 Å². The predicted molar refractivity (Wildman–Crippen MR) is 92.8 cm³/mol. The van der Waals surface area contributed by atoms with Crippen molar-refractivity contribution in [1.29, 1.82) is 0 Å². The van der Waals surface area contributed by atoms with E-state index in [2.05, 4.69) is 37.8 Å². The Kier molecular flexibility index (Phi) is 3.39. The molecular weight excluding hydrogens is 284 g/mol. The van der Waals surface area contributed by atoms with Gasteiger partial charge < -0.3 is 9.84 Å². The van der Waals surface area contributed by atoms with Crippen LogP contribution in [0.5, 0.6) is 5.75 Å². The van der Waals surface area contributed by atoms with Crippen LogP contribution in [-0.4, -0.2) is 18.3 Å². The summed E-state index contributed by atoms with van der Waals surface area (Å²) < 4.78 is 5.41. The van der Waals surface area contributed by atoms with Gasteiger partial charge in [0.2, 0.25) is 0 Å². The monoisotopic (exact) mass is 312 g/mol. The molecule has 0 aromatic heterocycles. The minimum absolute atomic E-state index is 0.0780. The number of aryl methyl sites for hydroxylation is 1. The van der Waals surface area contributed by atoms with Crippen molar-refractivity contribution < 1.29 is 9.84 Å². The van der Waals surface area contributed by atoms with Gasteiger partial charge in [0.15, 0.2) is 0 Å². The summed E-state index contributed by atoms with van der Waals surface area (Å²) in [6, 6.07) is 6.61. The van der Waals surface area contributed by atoms with Crippen molar-refractivity contribution in [2.45, 2.75) is 57.5 Å². The molecule has 3 aliphatic rings. The standard InChI is InChI=1S/C21H28O2/c1-4-21-12-9-14-13-15(23-3)5-6-16(14)17(21)10-11-20(2)18(21)7-8-19(20)22/h4-6,13,17-19,22H,1,7-12H2,2-3H3/t17-,18-,19-,20+,21-/m1/s1. The van der Waals surface area contributed by atoms with Crippen LogP contribution in [0.1, 0.15) is 56.1 Å². The first-order chi connectivity index (χ1) is 11.0. The lowest BCUT2D eigenvalue weighted by Crippen LogP contribution is -2.50. The van der Waals surface area contributed by atoms with Crippen LogP contribution < -0.4 is 4.74 Å². The quantitative estimate of drug-likeness (QED) is 0.817. The van der Waals surface area contributed by atoms with Crippen LogP contribution in [0.15, 0.2) is 30.9 Å². The predicted octanol–water partition coefficient (Wildman–Crippen LogP) is 4.47. The summed E-state index contributed by atoms with van der Waals surface area (Å²) in [6.07, 6.45) is 8.77. The Morgan fingerprint density at radius 1 is 1.26 bits per heavy atom. The van der Waals surface area contributed by atoms with Crippen molar-refractivity contribution in [3.8, 4) is 5.75 Å². The molecule has 124 valence electrons. The Bertz CT molecular complexity index is 637. The molecule has 0 aliphatic heterocycles. The van der Waals surface area contributed by atoms with Crippen LogP contribution >= 0.6 is 0 Å². The zero-order valence-corrected chi connectivity index (χ0v) is 14.3. The molecule has 0 spiro atoms. The van der Waals surface area contributed by atoms with Crippen LogP contribution in [0.25, 0.3) is 0 Å². The number of methoxy groups -OCH3 is 1. The second-order valence-corrected chi connectivity index (χ2v) is 8.12. The Hall–Kier alpha value is -1.28. The zero-order valence-electron chi connectivity index (χ0n) is 14.3. The third-order valence-electron chi connectivity index (χ3n) is 7.49. The average molecular weight is 312 g/mol. The topological polar surface area (TPSA) is 29.5 Å². The van der Waals surface area contributed by atoms with Gasteiger partial charge in [-0.2, -0.15) is 0 Å². The van der Waals surface area contributed by atoms with E-state index in [9.17, 15) is 5.11 Å². The van der Waals surface area contributed by atoms with Crippen molar-refractivity contribution in [3.63, 3.8) is 0 Å². The van der Waals surface area contributed by atoms with Crippen LogP contribution in [0.4, 0.5) is 0 Å². The van der Waals surface area contributed by atoms with Gasteiger partial charge in [-0.05, 0) is 84.5 Å². The van der Waals surface area contributed by atoms with E-state index in [4.69, 9.17) is 4.74 Å². The molecule has 0 heterocycles. The third kappa shape index (κ3) is 1.91. The van der Waals surface area contributed by atoms with Gasteiger partial charge in [-0.3, -0.25) is 0 Å². The number of hydrogen-bond acceptors (Lipinski definition) is 2. The molecule has 0 radical (unpaired) electrons. The van der Waals surface area contributed by atoms with E-state index in [1.165, 1.54) is 11.1 Å². The molecule has 23 heavy (non-hydrogen) atoms. The Morgan fingerprint density at radius 3 is 2.83 bits per heavy atom. The van der Waals surface area contributed by atoms with Crippen molar-refractivity contribution in [3.05, 3.63) is 42.0 Å². The van der Waals surface area contributed by atoms with Crippen LogP contribution in [0.2, 0.25) is 0 Å². The van der Waals surface area contributed by atoms with Gasteiger partial charge in [0.05, 0.1) is 13.2 Å². The van der Waals surface area contributed by atoms with Crippen molar-refractivity contribution in [1.82, 2.24) is 0 Å². The Labute approximate surface area is 139 Å². The van der Waals surface area contributed by atoms with E-state index < -0.39 is 0 Å². The van der Waals surface area contributed by atoms with E-state index in [-0.39, 0.29) is 16.9 Å². The molecule has 1 N–H and O–H groups in total. The first-order valence-electron chi connectivity index (χ1n) is 9.03. The van der Waals surface area contributed by atoms with E-state index in [0.29, 0.717) is 11.8 Å². The maximum Gasteiger partial charge on any atom is 0.119 e. The van der Waals surface area contributed by atoms with Gasteiger partial charge in [0, 0.05) is 0 Å². The number of allylic oxidation sites excluding steroid dienone is 1. The number of benzene rings is 1. The fourth-order valence-electron chi connectivity index (χ4n) is 6.20. The lowest BCUT2D eigenvalue weighted by atomic mass is 9.47. The molecule has 2 heteroatoms. The highest BCUT2D eigenvalue weighted by Crippen LogP contribution is 2.67. The summed E-state index contributed by atoms with van der Waals surface area (Å²) in [5.74, 6) is 2.08. The van der Waals surface area contributed by atoms with E-state index >= 15 is 0 Å². The largest absolute Gasteiger partial charge is 0.497 e. The molecule has 0 saturated heterocycles. The zero-order chi connectivity index (χ0) is 16.2. The minimum Gasteiger partial charge on any atom is -0.497 e. The molecule has 3 aliphatic carbocycles. The highest BCUT2D eigenvalue weighted by molar-refractivity contribution is 5.43. The lowest BCUT2D eigenvalue weighted by Gasteiger charge is -2.57. The highest BCUT2D eigenvalue weighted by atomic mass is 16.5. The molecule has 2 fully saturated rings. The van der Waals surface area contributed by atoms with Crippen LogP contribution in [0.3, 0.4) is 0 Å². The maximum absolute atomic E-state index is 10.6. The van der Waals surface area contributed by atoms with Crippen LogP contribution in [0, 0.1) is 16.7 Å². The fraction of sp³-hybridized carbons (Fsp3) is 0.619. The second-order valence-electron chi connectivity index (χ2n) is 8.12. The highest BCUT2D eigenvalue weighted by Gasteiger charge is 2.60. The summed E-state index contributed by atoms with van der Waals surface area (Å²) in [5.41, 5.74) is 3.19. The molecule has 5 atom stereocenters. The first-order valence-corrected chi connectivity index (χ1v) is 9.03. The van der Waals surface area contributed by atoms with Gasteiger partial charge in [-0.25, -0.2) is 0 Å². The molecule has 0 amide bonds. The lowest BCUT2D eigenvalue weighted by molar-refractivity contribution is -0.0528. The summed E-state index contributed by atoms with van der Waals surface area (Å²) in [4.78, 5) is 0. The molecule has 1 aromatic rings. The van der Waals surface area contributed by atoms with Crippen LogP contribution in [-0.2, 0) is 6.42 Å². The number of ether oxygens (including phenoxy) is 1. The van der Waals surface area contributed by atoms with E-state index in [1.807, 2.05) is 0 Å². The maximum atomic E-state index is 10.6. The number of aliphatic hydroxyl groups is 1. The summed E-state index contributed by atoms with van der Waals surface area (Å²) in [6.45, 7) is 6.60. The van der Waals surface area contributed by atoms with E-state index in [1.54, 1.807) is 7.11 Å². The van der Waals surface area contributed by atoms with E-state index in [0.717, 1.165) is 44.3 Å². The first kappa shape index (κ1) is 15.3. The Morgan fingerprint density at radius 2 is 2.09 bits per heavy atom. The SMILES string of the molecule is C=C[C@@]12CCc3cc(OC)ccc3[C@H]1CC[C@]1(C)[C@H](O)CC[C@H]12. The van der Waals surface area contributed by atoms with Gasteiger partial charge in [0.1, 0.15) is 5.75 Å². The smallest absolute Gasteiger partial charge is 0.119 e. The molecule has 1 aromatic carbocycles. The van der Waals surface area contributed by atoms with Gasteiger partial charge in [-0.1, -0.05) is 19.1 Å². The Balaban J connectivity index is 1.80. The molecule has 2 saturated carbocycles. The number of fused-ring (bicyclic) bond motifs is 5. The van der Waals surface area contributed by atoms with Crippen molar-refractivity contribution >= 4 is 0 Å². The number of aliphatic hydroxyl groups excluding tert-OH is 1. The number of rotatable bonds is 2. The summed E-state index contributed by atoms with van der Waals surface area (Å²) >= 11 is 0. The average Bonchev–Trinajstić information content (AvgIpc) is 2.89. The van der Waals surface area contributed by atoms with Crippen molar-refractivity contribution in [2.24, 2.45) is 16.7 Å². The third-order valence-corrected chi connectivity index (χ3v) is 7.49. The molecule has 0 bridgehead atoms. The molecule has 0 unspecified atom stereocenters. The molecule has 4 rings (SSSR count). The number of hydrogen-bond donors (Lipinski definition) is 1. The second kappa shape index (κ2) is 5.11. The normalized spacial score (nSPS) is 41.6. The van der Waals surface area contributed by atoms with Gasteiger partial charge in [0.25, 0.3) is 0 Å². The fourth-order valence-corrected chi connectivity index (χ4v) is 6.20. The summed E-state index contributed by atoms with van der Waals surface area (Å²) in [5, 5.41) is 10.6.